The second-order valence-corrected chi connectivity index (χ2v) is 9.36. The summed E-state index contributed by atoms with van der Waals surface area (Å²) < 4.78 is 15.5. The molecule has 0 saturated carbocycles. The van der Waals surface area contributed by atoms with Crippen LogP contribution in [0.3, 0.4) is 0 Å². The molecule has 4 heterocycles. The minimum Gasteiger partial charge on any atom is -0.364 e. The number of nitrogens with zero attached hydrogens (tertiary/aromatic N) is 6. The van der Waals surface area contributed by atoms with Gasteiger partial charge in [0.05, 0.1) is 16.7 Å². The lowest BCUT2D eigenvalue weighted by molar-refractivity contribution is -0.139. The van der Waals surface area contributed by atoms with Crippen LogP contribution < -0.4 is 11.1 Å². The van der Waals surface area contributed by atoms with Gasteiger partial charge in [-0.05, 0) is 42.9 Å². The minimum absolute atomic E-state index is 0.0370. The van der Waals surface area contributed by atoms with E-state index in [-0.39, 0.29) is 35.3 Å². The van der Waals surface area contributed by atoms with E-state index in [1.165, 1.54) is 27.9 Å². The first-order valence-corrected chi connectivity index (χ1v) is 12.6. The standard InChI is InChI=1S/C27H22ClFN8O3/c28-19-5-1-4-16(24(19)29)13-34-27(40)20-6-2-11-36(20)23(38)15-37-21-14-33-17(7-8-22-31-9-3-10-32-22)12-18(21)25(35-37)26(30)39/h1,3-5,9-10,12,14,20H,2,6,11,13,15H2,(H2,30,39)(H,34,40)/t20-/m0/s1. The summed E-state index contributed by atoms with van der Waals surface area (Å²) in [5.74, 6) is 3.77. The number of carbonyl (C=O) groups is 3. The zero-order valence-corrected chi connectivity index (χ0v) is 21.7. The highest BCUT2D eigenvalue weighted by molar-refractivity contribution is 6.30. The van der Waals surface area contributed by atoms with Crippen molar-refractivity contribution in [1.29, 1.82) is 0 Å². The van der Waals surface area contributed by atoms with Crippen molar-refractivity contribution in [3.8, 4) is 11.8 Å². The maximum absolute atomic E-state index is 14.2. The summed E-state index contributed by atoms with van der Waals surface area (Å²) in [5.41, 5.74) is 6.49. The van der Waals surface area contributed by atoms with Crippen molar-refractivity contribution in [2.24, 2.45) is 5.73 Å². The maximum Gasteiger partial charge on any atom is 0.269 e. The lowest BCUT2D eigenvalue weighted by Crippen LogP contribution is -2.46. The molecule has 0 unspecified atom stereocenters. The van der Waals surface area contributed by atoms with Crippen LogP contribution in [0.4, 0.5) is 4.39 Å². The summed E-state index contributed by atoms with van der Waals surface area (Å²) in [6.45, 7) is 0.0493. The molecular formula is C27H22ClFN8O3. The van der Waals surface area contributed by atoms with Gasteiger partial charge in [0.2, 0.25) is 17.6 Å². The molecule has 0 bridgehead atoms. The molecule has 1 saturated heterocycles. The zero-order valence-electron chi connectivity index (χ0n) is 21.0. The Morgan fingerprint density at radius 3 is 2.73 bits per heavy atom. The number of carbonyl (C=O) groups excluding carboxylic acids is 3. The number of benzene rings is 1. The van der Waals surface area contributed by atoms with Gasteiger partial charge in [0.15, 0.2) is 5.69 Å². The van der Waals surface area contributed by atoms with Gasteiger partial charge in [-0.1, -0.05) is 23.7 Å². The minimum atomic E-state index is -0.778. The molecule has 1 aromatic carbocycles. The molecule has 0 spiro atoms. The van der Waals surface area contributed by atoms with E-state index in [9.17, 15) is 18.8 Å². The Morgan fingerprint density at radius 2 is 1.95 bits per heavy atom. The van der Waals surface area contributed by atoms with Crippen LogP contribution in [0.5, 0.6) is 0 Å². The van der Waals surface area contributed by atoms with Gasteiger partial charge in [-0.2, -0.15) is 5.10 Å². The number of primary amides is 1. The summed E-state index contributed by atoms with van der Waals surface area (Å²) in [7, 11) is 0. The van der Waals surface area contributed by atoms with E-state index in [4.69, 9.17) is 17.3 Å². The molecular weight excluding hydrogens is 539 g/mol. The Labute approximate surface area is 232 Å². The van der Waals surface area contributed by atoms with Crippen LogP contribution in [0.25, 0.3) is 10.9 Å². The summed E-state index contributed by atoms with van der Waals surface area (Å²) in [5, 5.41) is 7.29. The highest BCUT2D eigenvalue weighted by atomic mass is 35.5. The molecule has 11 nitrogen and oxygen atoms in total. The highest BCUT2D eigenvalue weighted by Gasteiger charge is 2.34. The number of rotatable bonds is 6. The van der Waals surface area contributed by atoms with E-state index in [0.717, 1.165) is 0 Å². The van der Waals surface area contributed by atoms with E-state index in [0.29, 0.717) is 41.8 Å². The number of aromatic nitrogens is 5. The molecule has 3 N–H and O–H groups in total. The van der Waals surface area contributed by atoms with E-state index in [1.807, 2.05) is 0 Å². The molecule has 1 aliphatic rings. The number of nitrogens with one attached hydrogen (secondary N) is 1. The monoisotopic (exact) mass is 560 g/mol. The van der Waals surface area contributed by atoms with Crippen LogP contribution in [0.2, 0.25) is 5.02 Å². The number of nitrogens with two attached hydrogens (primary N) is 1. The Morgan fingerprint density at radius 1 is 1.15 bits per heavy atom. The second-order valence-electron chi connectivity index (χ2n) is 8.96. The molecule has 3 amide bonds. The highest BCUT2D eigenvalue weighted by Crippen LogP contribution is 2.22. The molecule has 5 rings (SSSR count). The smallest absolute Gasteiger partial charge is 0.269 e. The number of fused-ring (bicyclic) bond motifs is 1. The first-order valence-electron chi connectivity index (χ1n) is 12.3. The average Bonchev–Trinajstić information content (AvgIpc) is 3.59. The van der Waals surface area contributed by atoms with Gasteiger partial charge in [0, 0.05) is 36.4 Å². The van der Waals surface area contributed by atoms with Gasteiger partial charge in [-0.15, -0.1) is 0 Å². The SMILES string of the molecule is NC(=O)c1nn(CC(=O)N2CCC[C@H]2C(=O)NCc2cccc(Cl)c2F)c2cnc(C#Cc3ncccn3)cc12. The molecule has 13 heteroatoms. The molecule has 40 heavy (non-hydrogen) atoms. The molecule has 0 radical (unpaired) electrons. The first-order chi connectivity index (χ1) is 19.3. The van der Waals surface area contributed by atoms with Crippen molar-refractivity contribution in [3.05, 3.63) is 82.5 Å². The lowest BCUT2D eigenvalue weighted by Gasteiger charge is -2.24. The summed E-state index contributed by atoms with van der Waals surface area (Å²) >= 11 is 5.82. The fourth-order valence-electron chi connectivity index (χ4n) is 4.47. The van der Waals surface area contributed by atoms with Gasteiger partial charge < -0.3 is 16.0 Å². The second kappa shape index (κ2) is 11.5. The molecule has 4 aromatic rings. The molecule has 0 aliphatic carbocycles. The van der Waals surface area contributed by atoms with Crippen molar-refractivity contribution in [3.63, 3.8) is 0 Å². The number of hydrogen-bond donors (Lipinski definition) is 2. The lowest BCUT2D eigenvalue weighted by atomic mass is 10.1. The van der Waals surface area contributed by atoms with E-state index in [1.54, 1.807) is 30.6 Å². The fraction of sp³-hybridized carbons (Fsp3) is 0.222. The maximum atomic E-state index is 14.2. The third kappa shape index (κ3) is 5.60. The summed E-state index contributed by atoms with van der Waals surface area (Å²) in [4.78, 5) is 52.1. The van der Waals surface area contributed by atoms with Crippen molar-refractivity contribution < 1.29 is 18.8 Å². The first kappa shape index (κ1) is 26.7. The van der Waals surface area contributed by atoms with Crippen LogP contribution in [0.15, 0.2) is 48.9 Å². The van der Waals surface area contributed by atoms with Crippen LogP contribution in [0.1, 0.15) is 40.4 Å². The molecule has 3 aromatic heterocycles. The fourth-order valence-corrected chi connectivity index (χ4v) is 4.66. The van der Waals surface area contributed by atoms with Crippen LogP contribution in [-0.4, -0.2) is 59.9 Å². The van der Waals surface area contributed by atoms with Gasteiger partial charge in [-0.3, -0.25) is 19.1 Å². The Bertz CT molecular complexity index is 1680. The van der Waals surface area contributed by atoms with E-state index >= 15 is 0 Å². The van der Waals surface area contributed by atoms with Crippen molar-refractivity contribution in [2.45, 2.75) is 32.0 Å². The van der Waals surface area contributed by atoms with E-state index < -0.39 is 23.7 Å². The van der Waals surface area contributed by atoms with Gasteiger partial charge in [-0.25, -0.2) is 19.3 Å². The molecule has 1 atom stereocenters. The molecule has 1 fully saturated rings. The predicted octanol–water partition coefficient (Wildman–Crippen LogP) is 1.82. The Kier molecular flexibility index (Phi) is 7.65. The normalized spacial score (nSPS) is 14.6. The number of halogens is 2. The van der Waals surface area contributed by atoms with Crippen molar-refractivity contribution in [2.75, 3.05) is 6.54 Å². The third-order valence-electron chi connectivity index (χ3n) is 6.38. The van der Waals surface area contributed by atoms with E-state index in [2.05, 4.69) is 37.2 Å². The molecule has 202 valence electrons. The summed E-state index contributed by atoms with van der Waals surface area (Å²) in [6.07, 6.45) is 5.65. The number of hydrogen-bond acceptors (Lipinski definition) is 7. The van der Waals surface area contributed by atoms with Crippen LogP contribution in [0, 0.1) is 17.7 Å². The quantitative estimate of drug-likeness (QED) is 0.342. The van der Waals surface area contributed by atoms with Crippen molar-refractivity contribution >= 4 is 40.2 Å². The third-order valence-corrected chi connectivity index (χ3v) is 6.68. The average molecular weight is 561 g/mol. The van der Waals surface area contributed by atoms with Gasteiger partial charge in [0.1, 0.15) is 24.1 Å². The van der Waals surface area contributed by atoms with Crippen LogP contribution in [-0.2, 0) is 22.7 Å². The topological polar surface area (TPSA) is 149 Å². The predicted molar refractivity (Wildman–Crippen MR) is 142 cm³/mol. The zero-order chi connectivity index (χ0) is 28.2. The number of amides is 3. The van der Waals surface area contributed by atoms with Gasteiger partial charge >= 0.3 is 0 Å². The largest absolute Gasteiger partial charge is 0.364 e. The number of pyridine rings is 1. The Balaban J connectivity index is 1.33. The Hall–Kier alpha value is -4.89. The number of likely N-dealkylation sites (tertiary alicyclic amines) is 1. The van der Waals surface area contributed by atoms with Gasteiger partial charge in [0.25, 0.3) is 5.91 Å². The molecule has 1 aliphatic heterocycles. The van der Waals surface area contributed by atoms with Crippen molar-refractivity contribution in [1.82, 2.24) is 34.9 Å². The van der Waals surface area contributed by atoms with Crippen LogP contribution >= 0.6 is 11.6 Å². The summed E-state index contributed by atoms with van der Waals surface area (Å²) in [6, 6.07) is 7.04.